The molecule has 2 aliphatic rings. The summed E-state index contributed by atoms with van der Waals surface area (Å²) in [4.78, 5) is 24.6. The van der Waals surface area contributed by atoms with Crippen LogP contribution < -0.4 is 26.0 Å². The second-order valence-corrected chi connectivity index (χ2v) is 9.69. The third kappa shape index (κ3) is 4.81. The number of likely N-dealkylation sites (N-methyl/N-ethyl adjacent to an activating group) is 1. The fourth-order valence-electron chi connectivity index (χ4n) is 4.51. The molecule has 9 nitrogen and oxygen atoms in total. The maximum absolute atomic E-state index is 13.2. The molecule has 0 radical (unpaired) electrons. The Morgan fingerprint density at radius 3 is 2.80 bits per heavy atom. The Bertz CT molecular complexity index is 1260. The number of halogens is 3. The SMILES string of the molecule is CN1C[C@H]2C[C@@H]1CN2c1ccc(Nc2ncc(Cl)c(Nc3sccc3C(N)=O)n2)c(OC(F)F)c1. The first kappa shape index (κ1) is 23.5. The Kier molecular flexibility index (Phi) is 6.34. The number of hydrogen-bond acceptors (Lipinski definition) is 9. The van der Waals surface area contributed by atoms with E-state index in [0.29, 0.717) is 22.6 Å². The van der Waals surface area contributed by atoms with Gasteiger partial charge in [0.1, 0.15) is 10.0 Å². The van der Waals surface area contributed by atoms with Gasteiger partial charge in [-0.3, -0.25) is 9.69 Å². The van der Waals surface area contributed by atoms with Gasteiger partial charge in [0.05, 0.1) is 17.4 Å². The van der Waals surface area contributed by atoms with Crippen molar-refractivity contribution in [2.75, 3.05) is 35.7 Å². The summed E-state index contributed by atoms with van der Waals surface area (Å²) >= 11 is 7.48. The van der Waals surface area contributed by atoms with Crippen molar-refractivity contribution < 1.29 is 18.3 Å². The van der Waals surface area contributed by atoms with Crippen molar-refractivity contribution >= 4 is 57.0 Å². The number of nitrogens with two attached hydrogens (primary N) is 1. The van der Waals surface area contributed by atoms with E-state index >= 15 is 0 Å². The number of carbonyl (C=O) groups is 1. The van der Waals surface area contributed by atoms with Gasteiger partial charge in [0.15, 0.2) is 11.6 Å². The minimum Gasteiger partial charge on any atom is -0.433 e. The van der Waals surface area contributed by atoms with Gasteiger partial charge < -0.3 is 26.0 Å². The van der Waals surface area contributed by atoms with Crippen LogP contribution in [-0.2, 0) is 0 Å². The highest BCUT2D eigenvalue weighted by molar-refractivity contribution is 7.14. The first-order chi connectivity index (χ1) is 16.8. The first-order valence-electron chi connectivity index (χ1n) is 10.8. The summed E-state index contributed by atoms with van der Waals surface area (Å²) in [6.45, 7) is -1.22. The second-order valence-electron chi connectivity index (χ2n) is 8.36. The minimum absolute atomic E-state index is 0.0176. The molecule has 0 unspecified atom stereocenters. The average Bonchev–Trinajstić information content (AvgIpc) is 3.52. The summed E-state index contributed by atoms with van der Waals surface area (Å²) < 4.78 is 31.3. The Balaban J connectivity index is 1.39. The molecule has 2 aromatic heterocycles. The zero-order valence-corrected chi connectivity index (χ0v) is 20.1. The van der Waals surface area contributed by atoms with Crippen molar-refractivity contribution in [3.05, 3.63) is 46.4 Å². The zero-order chi connectivity index (χ0) is 24.7. The number of alkyl halides is 2. The van der Waals surface area contributed by atoms with E-state index in [1.54, 1.807) is 23.6 Å². The first-order valence-corrected chi connectivity index (χ1v) is 12.0. The monoisotopic (exact) mass is 521 g/mol. The predicted molar refractivity (Wildman–Crippen MR) is 132 cm³/mol. The standard InChI is InChI=1S/C22H22ClF2N7O2S/c1-31-9-13-6-12(31)10-32(13)11-2-3-16(17(7-11)34-21(24)25)28-22-27-8-15(23)19(30-22)29-20-14(18(26)33)4-5-35-20/h2-5,7-8,12-13,21H,6,9-10H2,1H3,(H2,26,33)(H2,27,28,29,30)/t12-,13-/m1/s1. The molecule has 35 heavy (non-hydrogen) atoms. The molecule has 4 heterocycles. The molecular weight excluding hydrogens is 500 g/mol. The van der Waals surface area contributed by atoms with E-state index in [2.05, 4.69) is 37.4 Å². The maximum Gasteiger partial charge on any atom is 0.387 e. The number of rotatable bonds is 8. The summed E-state index contributed by atoms with van der Waals surface area (Å²) in [6, 6.07) is 7.53. The predicted octanol–water partition coefficient (Wildman–Crippen LogP) is 4.27. The van der Waals surface area contributed by atoms with Crippen LogP contribution in [0.2, 0.25) is 5.02 Å². The van der Waals surface area contributed by atoms with E-state index in [9.17, 15) is 13.6 Å². The molecule has 1 aromatic carbocycles. The molecule has 13 heteroatoms. The highest BCUT2D eigenvalue weighted by Crippen LogP contribution is 2.39. The largest absolute Gasteiger partial charge is 0.433 e. The van der Waals surface area contributed by atoms with Crippen LogP contribution in [0.15, 0.2) is 35.8 Å². The van der Waals surface area contributed by atoms with Gasteiger partial charge >= 0.3 is 6.61 Å². The van der Waals surface area contributed by atoms with Gasteiger partial charge in [-0.1, -0.05) is 11.6 Å². The van der Waals surface area contributed by atoms with Crippen LogP contribution in [0, 0.1) is 0 Å². The van der Waals surface area contributed by atoms with Gasteiger partial charge in [0, 0.05) is 36.9 Å². The molecule has 2 atom stereocenters. The molecule has 0 saturated carbocycles. The fourth-order valence-corrected chi connectivity index (χ4v) is 5.44. The maximum atomic E-state index is 13.2. The van der Waals surface area contributed by atoms with Crippen molar-refractivity contribution in [2.24, 2.45) is 5.73 Å². The summed E-state index contributed by atoms with van der Waals surface area (Å²) in [7, 11) is 2.10. The second kappa shape index (κ2) is 9.44. The van der Waals surface area contributed by atoms with E-state index in [4.69, 9.17) is 22.1 Å². The molecule has 0 spiro atoms. The topological polar surface area (TPSA) is 109 Å². The number of piperazine rings is 1. The molecule has 184 valence electrons. The van der Waals surface area contributed by atoms with E-state index in [1.807, 2.05) is 6.07 Å². The highest BCUT2D eigenvalue weighted by atomic mass is 35.5. The average molecular weight is 522 g/mol. The number of anilines is 5. The van der Waals surface area contributed by atoms with Crippen LogP contribution in [0.4, 0.5) is 36.9 Å². The number of amides is 1. The molecule has 2 aliphatic heterocycles. The molecule has 2 saturated heterocycles. The number of nitrogens with zero attached hydrogens (tertiary/aromatic N) is 4. The number of fused-ring (bicyclic) bond motifs is 2. The Morgan fingerprint density at radius 1 is 1.29 bits per heavy atom. The molecule has 5 rings (SSSR count). The third-order valence-corrected chi connectivity index (χ3v) is 7.29. The Hall–Kier alpha value is -3.22. The normalized spacial score (nSPS) is 19.4. The van der Waals surface area contributed by atoms with Crippen LogP contribution in [0.5, 0.6) is 5.75 Å². The number of hydrogen-bond donors (Lipinski definition) is 3. The van der Waals surface area contributed by atoms with Gasteiger partial charge in [-0.15, -0.1) is 11.3 Å². The summed E-state index contributed by atoms with van der Waals surface area (Å²) in [5, 5.41) is 8.28. The van der Waals surface area contributed by atoms with Crippen molar-refractivity contribution in [2.45, 2.75) is 25.1 Å². The summed E-state index contributed by atoms with van der Waals surface area (Å²) in [6.07, 6.45) is 2.41. The van der Waals surface area contributed by atoms with Gasteiger partial charge in [-0.25, -0.2) is 4.98 Å². The molecule has 1 amide bonds. The molecule has 3 aromatic rings. The molecule has 4 N–H and O–H groups in total. The quantitative estimate of drug-likeness (QED) is 0.403. The van der Waals surface area contributed by atoms with Gasteiger partial charge in [0.2, 0.25) is 5.95 Å². The number of nitrogens with one attached hydrogen (secondary N) is 2. The number of carbonyl (C=O) groups excluding carboxylic acids is 1. The number of ether oxygens (including phenoxy) is 1. The van der Waals surface area contributed by atoms with Crippen LogP contribution in [0.25, 0.3) is 0 Å². The lowest BCUT2D eigenvalue weighted by atomic mass is 10.2. The third-order valence-electron chi connectivity index (χ3n) is 6.18. The van der Waals surface area contributed by atoms with Crippen molar-refractivity contribution in [1.82, 2.24) is 14.9 Å². The molecule has 0 aliphatic carbocycles. The summed E-state index contributed by atoms with van der Waals surface area (Å²) in [5.74, 6) is -0.290. The fraction of sp³-hybridized carbons (Fsp3) is 0.318. The number of benzene rings is 1. The van der Waals surface area contributed by atoms with E-state index in [1.165, 1.54) is 17.5 Å². The molecular formula is C22H22ClF2N7O2S. The Morgan fingerprint density at radius 2 is 2.11 bits per heavy atom. The van der Waals surface area contributed by atoms with E-state index < -0.39 is 12.5 Å². The minimum atomic E-state index is -3.00. The lowest BCUT2D eigenvalue weighted by Gasteiger charge is -2.34. The lowest BCUT2D eigenvalue weighted by molar-refractivity contribution is -0.0493. The van der Waals surface area contributed by atoms with Crippen LogP contribution in [0.3, 0.4) is 0 Å². The zero-order valence-electron chi connectivity index (χ0n) is 18.5. The van der Waals surface area contributed by atoms with Crippen LogP contribution in [-0.4, -0.2) is 59.6 Å². The number of primary amides is 1. The van der Waals surface area contributed by atoms with E-state index in [-0.39, 0.29) is 28.2 Å². The van der Waals surface area contributed by atoms with Crippen LogP contribution >= 0.6 is 22.9 Å². The van der Waals surface area contributed by atoms with E-state index in [0.717, 1.165) is 25.2 Å². The Labute approximate surface area is 208 Å². The number of aromatic nitrogens is 2. The van der Waals surface area contributed by atoms with Gasteiger partial charge in [-0.05, 0) is 37.0 Å². The number of likely N-dealkylation sites (tertiary alicyclic amines) is 1. The van der Waals surface area contributed by atoms with Crippen LogP contribution in [0.1, 0.15) is 16.8 Å². The summed E-state index contributed by atoms with van der Waals surface area (Å²) in [5.41, 5.74) is 6.79. The smallest absolute Gasteiger partial charge is 0.387 e. The van der Waals surface area contributed by atoms with Gasteiger partial charge in [-0.2, -0.15) is 13.8 Å². The van der Waals surface area contributed by atoms with Crippen molar-refractivity contribution in [3.63, 3.8) is 0 Å². The molecule has 2 bridgehead atoms. The highest BCUT2D eigenvalue weighted by Gasteiger charge is 2.41. The lowest BCUT2D eigenvalue weighted by Crippen LogP contribution is -2.44. The van der Waals surface area contributed by atoms with Gasteiger partial charge in [0.25, 0.3) is 5.91 Å². The molecule has 2 fully saturated rings. The van der Waals surface area contributed by atoms with Crippen molar-refractivity contribution in [1.29, 1.82) is 0 Å². The number of thiophene rings is 1. The van der Waals surface area contributed by atoms with Crippen molar-refractivity contribution in [3.8, 4) is 5.75 Å².